The first-order chi connectivity index (χ1) is 9.76. The number of aryl methyl sites for hydroxylation is 1. The van der Waals surface area contributed by atoms with Gasteiger partial charge in [-0.15, -0.1) is 11.3 Å². The molecule has 0 radical (unpaired) electrons. The van der Waals surface area contributed by atoms with Crippen molar-refractivity contribution in [1.29, 1.82) is 0 Å². The highest BCUT2D eigenvalue weighted by Gasteiger charge is 2.23. The molecule has 0 bridgehead atoms. The van der Waals surface area contributed by atoms with Gasteiger partial charge in [-0.3, -0.25) is 10.2 Å². The highest BCUT2D eigenvalue weighted by molar-refractivity contribution is 7.14. The Kier molecular flexibility index (Phi) is 4.41. The van der Waals surface area contributed by atoms with Gasteiger partial charge in [0, 0.05) is 18.0 Å². The van der Waals surface area contributed by atoms with E-state index in [2.05, 4.69) is 23.4 Å². The lowest BCUT2D eigenvalue weighted by molar-refractivity contribution is 0.0754. The standard InChI is InChI=1S/C16H24N2OS/c1-2-12-6-7-14-13(10-12)11-15(20-14)16(19)17-18-8-4-3-5-9-18/h11-12H,2-10H2,1H3,(H,17,19). The number of carbonyl (C=O) groups excluding carboxylic acids is 1. The van der Waals surface area contributed by atoms with E-state index >= 15 is 0 Å². The lowest BCUT2D eigenvalue weighted by atomic mass is 9.87. The van der Waals surface area contributed by atoms with E-state index < -0.39 is 0 Å². The van der Waals surface area contributed by atoms with Gasteiger partial charge in [-0.2, -0.15) is 0 Å². The van der Waals surface area contributed by atoms with Crippen molar-refractivity contribution in [3.05, 3.63) is 21.4 Å². The average molecular weight is 292 g/mol. The molecule has 2 heterocycles. The normalized spacial score (nSPS) is 23.4. The second kappa shape index (κ2) is 6.27. The Balaban J connectivity index is 1.65. The van der Waals surface area contributed by atoms with Crippen LogP contribution in [0.4, 0.5) is 0 Å². The van der Waals surface area contributed by atoms with Crippen LogP contribution < -0.4 is 5.43 Å². The Labute approximate surface area is 125 Å². The van der Waals surface area contributed by atoms with Gasteiger partial charge in [-0.25, -0.2) is 5.01 Å². The summed E-state index contributed by atoms with van der Waals surface area (Å²) in [7, 11) is 0. The van der Waals surface area contributed by atoms with Gasteiger partial charge in [0.2, 0.25) is 0 Å². The number of carbonyl (C=O) groups is 1. The number of hydrazine groups is 1. The highest BCUT2D eigenvalue weighted by atomic mass is 32.1. The van der Waals surface area contributed by atoms with Crippen LogP contribution in [0.5, 0.6) is 0 Å². The van der Waals surface area contributed by atoms with E-state index in [0.29, 0.717) is 0 Å². The summed E-state index contributed by atoms with van der Waals surface area (Å²) in [5.41, 5.74) is 4.50. The van der Waals surface area contributed by atoms with Crippen molar-refractivity contribution < 1.29 is 4.79 Å². The van der Waals surface area contributed by atoms with E-state index in [9.17, 15) is 4.79 Å². The molecule has 3 nitrogen and oxygen atoms in total. The van der Waals surface area contributed by atoms with Crippen molar-refractivity contribution in [3.8, 4) is 0 Å². The molecule has 1 amide bonds. The van der Waals surface area contributed by atoms with Gasteiger partial charge in [0.05, 0.1) is 4.88 Å². The maximum atomic E-state index is 12.3. The lowest BCUT2D eigenvalue weighted by Crippen LogP contribution is -2.44. The number of hydrogen-bond acceptors (Lipinski definition) is 3. The largest absolute Gasteiger partial charge is 0.284 e. The molecule has 1 aromatic rings. The van der Waals surface area contributed by atoms with Crippen LogP contribution in [0.2, 0.25) is 0 Å². The minimum absolute atomic E-state index is 0.0966. The molecule has 1 aliphatic carbocycles. The molecule has 4 heteroatoms. The summed E-state index contributed by atoms with van der Waals surface area (Å²) in [5.74, 6) is 0.912. The Morgan fingerprint density at radius 1 is 1.40 bits per heavy atom. The molecule has 1 unspecified atom stereocenters. The lowest BCUT2D eigenvalue weighted by Gasteiger charge is -2.26. The van der Waals surface area contributed by atoms with Gasteiger partial charge < -0.3 is 0 Å². The summed E-state index contributed by atoms with van der Waals surface area (Å²) in [5, 5.41) is 2.08. The smallest absolute Gasteiger partial charge is 0.275 e. The molecule has 1 fully saturated rings. The molecule has 1 saturated heterocycles. The number of nitrogens with one attached hydrogen (secondary N) is 1. The molecule has 1 atom stereocenters. The Hall–Kier alpha value is -0.870. The van der Waals surface area contributed by atoms with Crippen LogP contribution in [0, 0.1) is 5.92 Å². The summed E-state index contributed by atoms with van der Waals surface area (Å²) < 4.78 is 0. The van der Waals surface area contributed by atoms with Gasteiger partial charge in [-0.1, -0.05) is 19.8 Å². The van der Waals surface area contributed by atoms with Crippen molar-refractivity contribution in [2.75, 3.05) is 13.1 Å². The number of hydrogen-bond donors (Lipinski definition) is 1. The fourth-order valence-corrected chi connectivity index (χ4v) is 4.36. The maximum absolute atomic E-state index is 12.3. The molecule has 1 N–H and O–H groups in total. The summed E-state index contributed by atoms with van der Waals surface area (Å²) in [4.78, 5) is 14.7. The minimum Gasteiger partial charge on any atom is -0.284 e. The first kappa shape index (κ1) is 14.1. The molecular formula is C16H24N2OS. The molecule has 0 aromatic carbocycles. The zero-order chi connectivity index (χ0) is 13.9. The second-order valence-corrected chi connectivity index (χ2v) is 7.20. The average Bonchev–Trinajstić information content (AvgIpc) is 2.91. The summed E-state index contributed by atoms with van der Waals surface area (Å²) in [6.45, 7) is 4.26. The minimum atomic E-state index is 0.0966. The van der Waals surface area contributed by atoms with E-state index in [0.717, 1.165) is 30.3 Å². The van der Waals surface area contributed by atoms with E-state index in [1.54, 1.807) is 11.3 Å². The van der Waals surface area contributed by atoms with Crippen LogP contribution in [-0.4, -0.2) is 24.0 Å². The second-order valence-electron chi connectivity index (χ2n) is 6.06. The zero-order valence-corrected chi connectivity index (χ0v) is 13.1. The van der Waals surface area contributed by atoms with Crippen LogP contribution in [0.15, 0.2) is 6.07 Å². The monoisotopic (exact) mass is 292 g/mol. The zero-order valence-electron chi connectivity index (χ0n) is 12.3. The molecular weight excluding hydrogens is 268 g/mol. The van der Waals surface area contributed by atoms with Gasteiger partial charge in [0.25, 0.3) is 5.91 Å². The Bertz CT molecular complexity index is 477. The first-order valence-corrected chi connectivity index (χ1v) is 8.75. The quantitative estimate of drug-likeness (QED) is 0.926. The highest BCUT2D eigenvalue weighted by Crippen LogP contribution is 2.33. The summed E-state index contributed by atoms with van der Waals surface area (Å²) in [6, 6.07) is 2.14. The van der Waals surface area contributed by atoms with Crippen molar-refractivity contribution >= 4 is 17.2 Å². The predicted octanol–water partition coefficient (Wildman–Crippen LogP) is 3.39. The maximum Gasteiger partial charge on any atom is 0.275 e. The van der Waals surface area contributed by atoms with Crippen LogP contribution in [0.3, 0.4) is 0 Å². The molecule has 110 valence electrons. The number of piperidine rings is 1. The molecule has 0 saturated carbocycles. The van der Waals surface area contributed by atoms with Crippen molar-refractivity contribution in [2.45, 2.75) is 51.9 Å². The molecule has 2 aliphatic rings. The molecule has 1 aliphatic heterocycles. The number of rotatable bonds is 3. The Morgan fingerprint density at radius 3 is 2.95 bits per heavy atom. The Morgan fingerprint density at radius 2 is 2.20 bits per heavy atom. The van der Waals surface area contributed by atoms with E-state index in [4.69, 9.17) is 0 Å². The van der Waals surface area contributed by atoms with Crippen LogP contribution >= 0.6 is 11.3 Å². The first-order valence-electron chi connectivity index (χ1n) is 7.93. The third-order valence-corrected chi connectivity index (χ3v) is 5.84. The SMILES string of the molecule is CCC1CCc2sc(C(=O)NN3CCCCC3)cc2C1. The van der Waals surface area contributed by atoms with Crippen molar-refractivity contribution in [2.24, 2.45) is 5.92 Å². The third kappa shape index (κ3) is 3.07. The number of fused-ring (bicyclic) bond motifs is 1. The molecule has 3 rings (SSSR count). The fourth-order valence-electron chi connectivity index (χ4n) is 3.26. The number of thiophene rings is 1. The molecule has 0 spiro atoms. The van der Waals surface area contributed by atoms with Gasteiger partial charge >= 0.3 is 0 Å². The van der Waals surface area contributed by atoms with E-state index in [-0.39, 0.29) is 5.91 Å². The van der Waals surface area contributed by atoms with Crippen molar-refractivity contribution in [1.82, 2.24) is 10.4 Å². The van der Waals surface area contributed by atoms with E-state index in [1.165, 1.54) is 49.0 Å². The fraction of sp³-hybridized carbons (Fsp3) is 0.688. The van der Waals surface area contributed by atoms with Crippen LogP contribution in [-0.2, 0) is 12.8 Å². The van der Waals surface area contributed by atoms with Gasteiger partial charge in [-0.05, 0) is 49.7 Å². The molecule has 1 aromatic heterocycles. The summed E-state index contributed by atoms with van der Waals surface area (Å²) in [6.07, 6.45) is 8.55. The van der Waals surface area contributed by atoms with Gasteiger partial charge in [0.15, 0.2) is 0 Å². The van der Waals surface area contributed by atoms with Crippen LogP contribution in [0.1, 0.15) is 59.1 Å². The molecule has 20 heavy (non-hydrogen) atoms. The topological polar surface area (TPSA) is 32.3 Å². The third-order valence-electron chi connectivity index (χ3n) is 4.60. The van der Waals surface area contributed by atoms with Crippen LogP contribution in [0.25, 0.3) is 0 Å². The number of nitrogens with zero attached hydrogens (tertiary/aromatic N) is 1. The van der Waals surface area contributed by atoms with Gasteiger partial charge in [0.1, 0.15) is 0 Å². The van der Waals surface area contributed by atoms with Crippen molar-refractivity contribution in [3.63, 3.8) is 0 Å². The van der Waals surface area contributed by atoms with E-state index in [1.807, 2.05) is 0 Å². The predicted molar refractivity (Wildman–Crippen MR) is 83.0 cm³/mol. The summed E-state index contributed by atoms with van der Waals surface area (Å²) >= 11 is 1.71. The number of amides is 1.